The normalized spacial score (nSPS) is 27.5. The fourth-order valence-electron chi connectivity index (χ4n) is 7.02. The zero-order valence-electron chi connectivity index (χ0n) is 24.4. The van der Waals surface area contributed by atoms with Gasteiger partial charge in [0.05, 0.1) is 17.8 Å². The number of unbranched alkanes of at least 4 members (excludes halogenated alkanes) is 2. The van der Waals surface area contributed by atoms with Crippen LogP contribution in [0.4, 0.5) is 5.95 Å². The average molecular weight is 539 g/mol. The number of aliphatic hydroxyl groups is 1. The number of nitrogens with zero attached hydrogens (tertiary/aromatic N) is 5. The lowest BCUT2D eigenvalue weighted by atomic mass is 9.78. The largest absolute Gasteiger partial charge is 0.393 e. The number of amides is 1. The Hall–Kier alpha value is -2.19. The van der Waals surface area contributed by atoms with E-state index in [1.807, 2.05) is 6.20 Å². The summed E-state index contributed by atoms with van der Waals surface area (Å²) in [6.45, 7) is 8.14. The second-order valence-corrected chi connectivity index (χ2v) is 12.6. The molecule has 3 heterocycles. The Morgan fingerprint density at radius 3 is 2.41 bits per heavy atom. The lowest BCUT2D eigenvalue weighted by molar-refractivity contribution is -0.138. The molecule has 3 aliphatic rings. The van der Waals surface area contributed by atoms with Crippen LogP contribution < -0.4 is 5.32 Å². The lowest BCUT2D eigenvalue weighted by Crippen LogP contribution is -2.49. The standard InChI is InChI=1S/C31H50N6O2/c1-4-5-6-7-22(2)33-31-32-21-29-27(20-28(37(29)34-31)24-12-14-26(38)15-13-24)23-8-10-25(11-9-23)30(39)36-18-16-35(3)17-19-36/h20-26,38H,4-19H2,1-3H3,(H,33,34)/t22-,23-,24-,25+,26-/m0/s1. The van der Waals surface area contributed by atoms with Gasteiger partial charge >= 0.3 is 0 Å². The Balaban J connectivity index is 1.32. The molecule has 2 aromatic heterocycles. The van der Waals surface area contributed by atoms with Gasteiger partial charge in [-0.2, -0.15) is 0 Å². The van der Waals surface area contributed by atoms with Gasteiger partial charge in [-0.25, -0.2) is 9.50 Å². The Morgan fingerprint density at radius 1 is 1.03 bits per heavy atom. The van der Waals surface area contributed by atoms with Gasteiger partial charge in [0.1, 0.15) is 0 Å². The number of carbonyl (C=O) groups excluding carboxylic acids is 1. The molecule has 39 heavy (non-hydrogen) atoms. The summed E-state index contributed by atoms with van der Waals surface area (Å²) in [5.41, 5.74) is 3.74. The zero-order valence-corrected chi connectivity index (χ0v) is 24.4. The quantitative estimate of drug-likeness (QED) is 0.428. The number of fused-ring (bicyclic) bond motifs is 1. The van der Waals surface area contributed by atoms with Crippen molar-refractivity contribution < 1.29 is 9.90 Å². The highest BCUT2D eigenvalue weighted by Gasteiger charge is 2.33. The highest BCUT2D eigenvalue weighted by molar-refractivity contribution is 5.79. The molecular weight excluding hydrogens is 488 g/mol. The van der Waals surface area contributed by atoms with Crippen molar-refractivity contribution in [2.75, 3.05) is 38.5 Å². The van der Waals surface area contributed by atoms with Gasteiger partial charge in [-0.3, -0.25) is 4.79 Å². The minimum absolute atomic E-state index is 0.166. The molecule has 8 nitrogen and oxygen atoms in total. The van der Waals surface area contributed by atoms with Gasteiger partial charge in [0, 0.05) is 49.8 Å². The van der Waals surface area contributed by atoms with Crippen molar-refractivity contribution in [2.24, 2.45) is 5.92 Å². The summed E-state index contributed by atoms with van der Waals surface area (Å²) in [6, 6.07) is 2.74. The van der Waals surface area contributed by atoms with Crippen LogP contribution in [0.2, 0.25) is 0 Å². The first kappa shape index (κ1) is 28.3. The third-order valence-corrected chi connectivity index (χ3v) is 9.64. The number of aromatic nitrogens is 3. The van der Waals surface area contributed by atoms with E-state index in [2.05, 4.69) is 46.6 Å². The number of carbonyl (C=O) groups is 1. The van der Waals surface area contributed by atoms with E-state index in [1.54, 1.807) is 0 Å². The van der Waals surface area contributed by atoms with Crippen molar-refractivity contribution in [1.29, 1.82) is 0 Å². The number of hydrogen-bond acceptors (Lipinski definition) is 6. The number of anilines is 1. The van der Waals surface area contributed by atoms with E-state index >= 15 is 0 Å². The SMILES string of the molecule is CCCCC[C@H](C)Nc1ncc2c([C@H]3CC[C@@H](C(=O)N4CCN(C)CC4)CC3)cc([C@H]3CC[C@H](O)CC3)n2n1. The van der Waals surface area contributed by atoms with Crippen LogP contribution in [-0.4, -0.2) is 80.8 Å². The number of nitrogens with one attached hydrogen (secondary N) is 1. The first-order valence-corrected chi connectivity index (χ1v) is 15.7. The predicted molar refractivity (Wildman–Crippen MR) is 156 cm³/mol. The predicted octanol–water partition coefficient (Wildman–Crippen LogP) is 5.18. The molecule has 2 saturated carbocycles. The summed E-state index contributed by atoms with van der Waals surface area (Å²) in [6.07, 6.45) is 14.4. The van der Waals surface area contributed by atoms with Crippen molar-refractivity contribution in [2.45, 2.75) is 115 Å². The van der Waals surface area contributed by atoms with Gasteiger partial charge in [-0.1, -0.05) is 26.2 Å². The zero-order chi connectivity index (χ0) is 27.4. The van der Waals surface area contributed by atoms with Crippen molar-refractivity contribution in [1.82, 2.24) is 24.4 Å². The van der Waals surface area contributed by atoms with E-state index in [0.717, 1.165) is 89.5 Å². The fourth-order valence-corrected chi connectivity index (χ4v) is 7.02. The molecule has 2 aliphatic carbocycles. The Kier molecular flexibility index (Phi) is 9.44. The molecule has 1 aliphatic heterocycles. The lowest BCUT2D eigenvalue weighted by Gasteiger charge is -2.36. The average Bonchev–Trinajstić information content (AvgIpc) is 3.32. The van der Waals surface area contributed by atoms with Gasteiger partial charge in [0.2, 0.25) is 11.9 Å². The van der Waals surface area contributed by atoms with Gasteiger partial charge in [0.25, 0.3) is 0 Å². The molecule has 3 fully saturated rings. The van der Waals surface area contributed by atoms with Crippen LogP contribution in [0, 0.1) is 5.92 Å². The molecule has 2 aromatic rings. The van der Waals surface area contributed by atoms with Gasteiger partial charge in [-0.15, -0.1) is 5.10 Å². The van der Waals surface area contributed by atoms with E-state index in [-0.39, 0.29) is 12.0 Å². The number of likely N-dealkylation sites (N-methyl/N-ethyl adjacent to an activating group) is 1. The Labute approximate surface area is 234 Å². The molecule has 8 heteroatoms. The molecule has 5 rings (SSSR count). The molecule has 0 radical (unpaired) electrons. The van der Waals surface area contributed by atoms with Crippen LogP contribution in [0.5, 0.6) is 0 Å². The van der Waals surface area contributed by atoms with Crippen molar-refractivity contribution in [3.63, 3.8) is 0 Å². The number of piperazine rings is 1. The van der Waals surface area contributed by atoms with E-state index in [4.69, 9.17) is 10.1 Å². The van der Waals surface area contributed by atoms with Crippen LogP contribution >= 0.6 is 0 Å². The fraction of sp³-hybridized carbons (Fsp3) is 0.774. The van der Waals surface area contributed by atoms with Crippen LogP contribution in [0.25, 0.3) is 5.52 Å². The first-order chi connectivity index (χ1) is 18.9. The maximum Gasteiger partial charge on any atom is 0.241 e. The highest BCUT2D eigenvalue weighted by atomic mass is 16.3. The third kappa shape index (κ3) is 6.76. The number of aliphatic hydroxyl groups excluding tert-OH is 1. The van der Waals surface area contributed by atoms with Gasteiger partial charge < -0.3 is 20.2 Å². The van der Waals surface area contributed by atoms with Crippen LogP contribution in [0.15, 0.2) is 12.3 Å². The first-order valence-electron chi connectivity index (χ1n) is 15.7. The molecule has 0 spiro atoms. The molecule has 1 atom stereocenters. The van der Waals surface area contributed by atoms with Gasteiger partial charge in [0.15, 0.2) is 0 Å². The summed E-state index contributed by atoms with van der Waals surface area (Å²) in [7, 11) is 2.13. The molecule has 0 aromatic carbocycles. The summed E-state index contributed by atoms with van der Waals surface area (Å²) < 4.78 is 2.16. The van der Waals surface area contributed by atoms with E-state index in [9.17, 15) is 9.90 Å². The summed E-state index contributed by atoms with van der Waals surface area (Å²) >= 11 is 0. The highest BCUT2D eigenvalue weighted by Crippen LogP contribution is 2.42. The molecule has 0 bridgehead atoms. The number of rotatable bonds is 9. The third-order valence-electron chi connectivity index (χ3n) is 9.64. The minimum Gasteiger partial charge on any atom is -0.393 e. The smallest absolute Gasteiger partial charge is 0.241 e. The Morgan fingerprint density at radius 2 is 1.72 bits per heavy atom. The van der Waals surface area contributed by atoms with E-state index < -0.39 is 0 Å². The molecule has 216 valence electrons. The summed E-state index contributed by atoms with van der Waals surface area (Å²) in [5.74, 6) is 2.09. The minimum atomic E-state index is -0.170. The van der Waals surface area contributed by atoms with Crippen molar-refractivity contribution in [3.05, 3.63) is 23.5 Å². The molecule has 1 amide bonds. The van der Waals surface area contributed by atoms with Crippen LogP contribution in [-0.2, 0) is 4.79 Å². The van der Waals surface area contributed by atoms with Gasteiger partial charge in [-0.05, 0) is 89.3 Å². The van der Waals surface area contributed by atoms with E-state index in [0.29, 0.717) is 29.7 Å². The summed E-state index contributed by atoms with van der Waals surface area (Å²) in [4.78, 5) is 22.4. The van der Waals surface area contributed by atoms with Crippen molar-refractivity contribution >= 4 is 17.4 Å². The molecule has 1 saturated heterocycles. The molecule has 0 unspecified atom stereocenters. The Bertz CT molecular complexity index is 1080. The van der Waals surface area contributed by atoms with Crippen LogP contribution in [0.1, 0.15) is 114 Å². The molecule has 2 N–H and O–H groups in total. The van der Waals surface area contributed by atoms with Crippen molar-refractivity contribution in [3.8, 4) is 0 Å². The van der Waals surface area contributed by atoms with E-state index in [1.165, 1.54) is 30.5 Å². The second-order valence-electron chi connectivity index (χ2n) is 12.6. The maximum atomic E-state index is 13.2. The molecular formula is C31H50N6O2. The van der Waals surface area contributed by atoms with Crippen LogP contribution in [0.3, 0.4) is 0 Å². The second kappa shape index (κ2) is 13.0. The maximum absolute atomic E-state index is 13.2. The number of hydrogen-bond donors (Lipinski definition) is 2. The topological polar surface area (TPSA) is 86.0 Å². The monoisotopic (exact) mass is 538 g/mol. The summed E-state index contributed by atoms with van der Waals surface area (Å²) in [5, 5.41) is 18.7.